The average Bonchev–Trinajstić information content (AvgIpc) is 2.73. The van der Waals surface area contributed by atoms with Crippen LogP contribution in [0, 0.1) is 25.2 Å². The van der Waals surface area contributed by atoms with Gasteiger partial charge in [-0.15, -0.1) is 0 Å². The van der Waals surface area contributed by atoms with E-state index in [1.165, 1.54) is 5.56 Å². The molecule has 2 aromatic rings. The van der Waals surface area contributed by atoms with E-state index in [0.29, 0.717) is 35.7 Å². The van der Waals surface area contributed by atoms with E-state index in [1.807, 2.05) is 49.1 Å². The number of piperidine rings is 1. The van der Waals surface area contributed by atoms with Gasteiger partial charge in [-0.3, -0.25) is 9.59 Å². The van der Waals surface area contributed by atoms with Crippen molar-refractivity contribution < 1.29 is 9.59 Å². The Morgan fingerprint density at radius 1 is 1.07 bits per heavy atom. The summed E-state index contributed by atoms with van der Waals surface area (Å²) in [5.41, 5.74) is 4.92. The van der Waals surface area contributed by atoms with Crippen LogP contribution in [-0.4, -0.2) is 35.0 Å². The summed E-state index contributed by atoms with van der Waals surface area (Å²) in [5.74, 6) is 0.395. The Morgan fingerprint density at radius 2 is 1.68 bits per heavy atom. The van der Waals surface area contributed by atoms with E-state index in [1.54, 1.807) is 6.07 Å². The molecule has 1 aliphatic rings. The molecule has 1 fully saturated rings. The van der Waals surface area contributed by atoms with Crippen LogP contribution in [0.3, 0.4) is 0 Å². The number of benzene rings is 2. The third-order valence-corrected chi connectivity index (χ3v) is 6.03. The van der Waals surface area contributed by atoms with Gasteiger partial charge in [0.2, 0.25) is 0 Å². The van der Waals surface area contributed by atoms with Crippen LogP contribution < -0.4 is 0 Å². The SMILES string of the molecule is Cc1cc(C)c(C(=O)N2CCC(c3ccc(C#N)cc3)CC2)cc1C(=O)CBr. The summed E-state index contributed by atoms with van der Waals surface area (Å²) >= 11 is 3.22. The molecule has 1 saturated heterocycles. The van der Waals surface area contributed by atoms with Gasteiger partial charge in [0.25, 0.3) is 5.91 Å². The second-order valence-corrected chi connectivity index (χ2v) is 7.90. The first-order chi connectivity index (χ1) is 13.4. The van der Waals surface area contributed by atoms with E-state index in [9.17, 15) is 9.59 Å². The number of alkyl halides is 1. The van der Waals surface area contributed by atoms with Gasteiger partial charge >= 0.3 is 0 Å². The standard InChI is InChI=1S/C23H23BrN2O2/c1-15-11-16(2)21(12-20(15)22(27)13-24)23(28)26-9-7-19(8-10-26)18-5-3-17(14-25)4-6-18/h3-6,11-12,19H,7-10,13H2,1-2H3. The fraction of sp³-hybridized carbons (Fsp3) is 0.348. The highest BCUT2D eigenvalue weighted by atomic mass is 79.9. The first-order valence-corrected chi connectivity index (χ1v) is 10.6. The molecule has 0 atom stereocenters. The van der Waals surface area contributed by atoms with Gasteiger partial charge in [-0.1, -0.05) is 34.1 Å². The third-order valence-electron chi connectivity index (χ3n) is 5.52. The van der Waals surface area contributed by atoms with E-state index in [-0.39, 0.29) is 17.0 Å². The predicted molar refractivity (Wildman–Crippen MR) is 113 cm³/mol. The highest BCUT2D eigenvalue weighted by molar-refractivity contribution is 9.09. The molecular weight excluding hydrogens is 416 g/mol. The van der Waals surface area contributed by atoms with Gasteiger partial charge in [-0.25, -0.2) is 0 Å². The molecule has 2 aromatic carbocycles. The van der Waals surface area contributed by atoms with Gasteiger partial charge in [-0.2, -0.15) is 5.26 Å². The highest BCUT2D eigenvalue weighted by Gasteiger charge is 2.26. The summed E-state index contributed by atoms with van der Waals surface area (Å²) in [6.07, 6.45) is 1.80. The van der Waals surface area contributed by atoms with Gasteiger partial charge in [0.15, 0.2) is 5.78 Å². The summed E-state index contributed by atoms with van der Waals surface area (Å²) in [6, 6.07) is 13.6. The number of ketones is 1. The summed E-state index contributed by atoms with van der Waals surface area (Å²) < 4.78 is 0. The first-order valence-electron chi connectivity index (χ1n) is 9.44. The minimum atomic E-state index is -0.00826. The number of aryl methyl sites for hydroxylation is 2. The number of nitrogens with zero attached hydrogens (tertiary/aromatic N) is 2. The number of nitriles is 1. The fourth-order valence-corrected chi connectivity index (χ4v) is 4.17. The molecule has 1 heterocycles. The zero-order valence-electron chi connectivity index (χ0n) is 16.2. The van der Waals surface area contributed by atoms with Crippen LogP contribution in [0.1, 0.15) is 61.7 Å². The fourth-order valence-electron chi connectivity index (χ4n) is 3.87. The van der Waals surface area contributed by atoms with Crippen LogP contribution in [-0.2, 0) is 0 Å². The van der Waals surface area contributed by atoms with Crippen LogP contribution in [0.2, 0.25) is 0 Å². The lowest BCUT2D eigenvalue weighted by molar-refractivity contribution is 0.0712. The first kappa shape index (κ1) is 20.3. The number of likely N-dealkylation sites (tertiary alicyclic amines) is 1. The summed E-state index contributed by atoms with van der Waals surface area (Å²) in [7, 11) is 0. The average molecular weight is 439 g/mol. The van der Waals surface area contributed by atoms with Crippen LogP contribution >= 0.6 is 15.9 Å². The lowest BCUT2D eigenvalue weighted by atomic mass is 9.88. The smallest absolute Gasteiger partial charge is 0.254 e. The number of rotatable bonds is 4. The minimum absolute atomic E-state index is 0.000555. The van der Waals surface area contributed by atoms with Crippen molar-refractivity contribution in [3.8, 4) is 6.07 Å². The van der Waals surface area contributed by atoms with Gasteiger partial charge in [0.05, 0.1) is 17.0 Å². The van der Waals surface area contributed by atoms with E-state index in [0.717, 1.165) is 24.0 Å². The third kappa shape index (κ3) is 4.18. The molecule has 0 spiro atoms. The Hall–Kier alpha value is -2.45. The zero-order valence-corrected chi connectivity index (χ0v) is 17.8. The van der Waals surface area contributed by atoms with Crippen molar-refractivity contribution in [3.63, 3.8) is 0 Å². The molecule has 0 aliphatic carbocycles. The molecule has 28 heavy (non-hydrogen) atoms. The van der Waals surface area contributed by atoms with Gasteiger partial charge in [0, 0.05) is 24.2 Å². The van der Waals surface area contributed by atoms with E-state index >= 15 is 0 Å². The molecule has 144 valence electrons. The van der Waals surface area contributed by atoms with Gasteiger partial charge in [-0.05, 0) is 67.5 Å². The maximum Gasteiger partial charge on any atom is 0.254 e. The number of amides is 1. The Balaban J connectivity index is 1.73. The monoisotopic (exact) mass is 438 g/mol. The maximum atomic E-state index is 13.1. The molecule has 5 heteroatoms. The topological polar surface area (TPSA) is 61.2 Å². The molecule has 0 N–H and O–H groups in total. The number of hydrogen-bond acceptors (Lipinski definition) is 3. The number of Topliss-reactive ketones (excluding diaryl/α,β-unsaturated/α-hetero) is 1. The van der Waals surface area contributed by atoms with Crippen molar-refractivity contribution in [2.75, 3.05) is 18.4 Å². The van der Waals surface area contributed by atoms with Crippen molar-refractivity contribution in [3.05, 3.63) is 69.8 Å². The molecule has 0 unspecified atom stereocenters. The molecule has 4 nitrogen and oxygen atoms in total. The van der Waals surface area contributed by atoms with Crippen molar-refractivity contribution in [2.45, 2.75) is 32.6 Å². The second-order valence-electron chi connectivity index (χ2n) is 7.34. The van der Waals surface area contributed by atoms with Crippen LogP contribution in [0.25, 0.3) is 0 Å². The Kier molecular flexibility index (Phi) is 6.31. The Morgan fingerprint density at radius 3 is 2.25 bits per heavy atom. The van der Waals surface area contributed by atoms with E-state index in [2.05, 4.69) is 22.0 Å². The lowest BCUT2D eigenvalue weighted by Crippen LogP contribution is -2.38. The quantitative estimate of drug-likeness (QED) is 0.509. The minimum Gasteiger partial charge on any atom is -0.339 e. The Labute approximate surface area is 174 Å². The number of carbonyl (C=O) groups excluding carboxylic acids is 2. The van der Waals surface area contributed by atoms with Crippen molar-refractivity contribution >= 4 is 27.6 Å². The van der Waals surface area contributed by atoms with Gasteiger partial charge in [0.1, 0.15) is 0 Å². The highest BCUT2D eigenvalue weighted by Crippen LogP contribution is 2.29. The Bertz CT molecular complexity index is 936. The molecule has 1 aliphatic heterocycles. The molecule has 0 saturated carbocycles. The second kappa shape index (κ2) is 8.70. The maximum absolute atomic E-state index is 13.1. The molecule has 0 bridgehead atoms. The lowest BCUT2D eigenvalue weighted by Gasteiger charge is -2.32. The van der Waals surface area contributed by atoms with Crippen LogP contribution in [0.5, 0.6) is 0 Å². The van der Waals surface area contributed by atoms with E-state index in [4.69, 9.17) is 5.26 Å². The number of hydrogen-bond donors (Lipinski definition) is 0. The molecule has 0 radical (unpaired) electrons. The summed E-state index contributed by atoms with van der Waals surface area (Å²) in [5, 5.41) is 9.18. The number of carbonyl (C=O) groups is 2. The molecular formula is C23H23BrN2O2. The largest absolute Gasteiger partial charge is 0.339 e. The van der Waals surface area contributed by atoms with Crippen LogP contribution in [0.4, 0.5) is 0 Å². The van der Waals surface area contributed by atoms with Crippen molar-refractivity contribution in [1.82, 2.24) is 4.90 Å². The van der Waals surface area contributed by atoms with Gasteiger partial charge < -0.3 is 4.90 Å². The molecule has 0 aromatic heterocycles. The normalized spacial score (nSPS) is 14.6. The van der Waals surface area contributed by atoms with E-state index < -0.39 is 0 Å². The molecule has 1 amide bonds. The zero-order chi connectivity index (χ0) is 20.3. The van der Waals surface area contributed by atoms with Crippen molar-refractivity contribution in [2.24, 2.45) is 0 Å². The summed E-state index contributed by atoms with van der Waals surface area (Å²) in [6.45, 7) is 5.21. The molecule has 3 rings (SSSR count). The predicted octanol–water partition coefficient (Wildman–Crippen LogP) is 4.77. The number of halogens is 1. The summed E-state index contributed by atoms with van der Waals surface area (Å²) in [4.78, 5) is 27.1. The van der Waals surface area contributed by atoms with Crippen molar-refractivity contribution in [1.29, 1.82) is 5.26 Å². The van der Waals surface area contributed by atoms with Crippen LogP contribution in [0.15, 0.2) is 36.4 Å².